The SMILES string of the molecule is C=C(CCC(=O)NC)c1cccc(CC(NC)C(=O)N2CCCCC2)c1. The number of piperidine rings is 1. The van der Waals surface area contributed by atoms with Crippen molar-refractivity contribution in [3.63, 3.8) is 0 Å². The van der Waals surface area contributed by atoms with Gasteiger partial charge in [0.15, 0.2) is 0 Å². The van der Waals surface area contributed by atoms with Crippen LogP contribution in [0.15, 0.2) is 30.8 Å². The Morgan fingerprint density at radius 2 is 1.88 bits per heavy atom. The van der Waals surface area contributed by atoms with Crippen molar-refractivity contribution in [2.24, 2.45) is 0 Å². The zero-order valence-electron chi connectivity index (χ0n) is 16.0. The molecule has 26 heavy (non-hydrogen) atoms. The summed E-state index contributed by atoms with van der Waals surface area (Å²) >= 11 is 0. The molecule has 5 nitrogen and oxygen atoms in total. The van der Waals surface area contributed by atoms with Crippen LogP contribution in [0, 0.1) is 0 Å². The van der Waals surface area contributed by atoms with Crippen LogP contribution in [0.25, 0.3) is 5.57 Å². The van der Waals surface area contributed by atoms with E-state index >= 15 is 0 Å². The van der Waals surface area contributed by atoms with Gasteiger partial charge < -0.3 is 15.5 Å². The Kier molecular flexibility index (Phi) is 7.85. The van der Waals surface area contributed by atoms with E-state index in [9.17, 15) is 9.59 Å². The van der Waals surface area contributed by atoms with Gasteiger partial charge in [0.1, 0.15) is 0 Å². The summed E-state index contributed by atoms with van der Waals surface area (Å²) in [7, 11) is 3.49. The largest absolute Gasteiger partial charge is 0.359 e. The molecule has 2 amide bonds. The normalized spacial score (nSPS) is 15.4. The van der Waals surface area contributed by atoms with Crippen LogP contribution in [0.5, 0.6) is 0 Å². The molecule has 142 valence electrons. The second-order valence-corrected chi connectivity index (χ2v) is 6.91. The molecule has 1 fully saturated rings. The van der Waals surface area contributed by atoms with Crippen molar-refractivity contribution in [3.8, 4) is 0 Å². The number of carbonyl (C=O) groups excluding carboxylic acids is 2. The maximum atomic E-state index is 12.8. The molecule has 2 rings (SSSR count). The number of benzene rings is 1. The van der Waals surface area contributed by atoms with Gasteiger partial charge in [0.05, 0.1) is 6.04 Å². The van der Waals surface area contributed by atoms with Crippen molar-refractivity contribution in [1.29, 1.82) is 0 Å². The lowest BCUT2D eigenvalue weighted by Crippen LogP contribution is -2.48. The van der Waals surface area contributed by atoms with Crippen LogP contribution in [-0.2, 0) is 16.0 Å². The highest BCUT2D eigenvalue weighted by Gasteiger charge is 2.24. The van der Waals surface area contributed by atoms with Gasteiger partial charge in [0, 0.05) is 26.6 Å². The molecule has 0 radical (unpaired) electrons. The third-order valence-electron chi connectivity index (χ3n) is 5.02. The van der Waals surface area contributed by atoms with Gasteiger partial charge in [-0.1, -0.05) is 30.8 Å². The Morgan fingerprint density at radius 3 is 2.54 bits per heavy atom. The molecule has 1 heterocycles. The number of likely N-dealkylation sites (tertiary alicyclic amines) is 1. The van der Waals surface area contributed by atoms with Crippen molar-refractivity contribution < 1.29 is 9.59 Å². The van der Waals surface area contributed by atoms with Crippen molar-refractivity contribution in [3.05, 3.63) is 42.0 Å². The summed E-state index contributed by atoms with van der Waals surface area (Å²) in [6.07, 6.45) is 5.14. The third-order valence-corrected chi connectivity index (χ3v) is 5.02. The van der Waals surface area contributed by atoms with Crippen molar-refractivity contribution in [2.45, 2.75) is 44.6 Å². The van der Waals surface area contributed by atoms with Crippen LogP contribution >= 0.6 is 0 Å². The average Bonchev–Trinajstić information content (AvgIpc) is 2.70. The van der Waals surface area contributed by atoms with Gasteiger partial charge in [-0.3, -0.25) is 9.59 Å². The van der Waals surface area contributed by atoms with E-state index in [0.29, 0.717) is 19.3 Å². The summed E-state index contributed by atoms with van der Waals surface area (Å²) in [5, 5.41) is 5.81. The van der Waals surface area contributed by atoms with E-state index in [2.05, 4.69) is 23.3 Å². The first-order valence-corrected chi connectivity index (χ1v) is 9.49. The zero-order valence-corrected chi connectivity index (χ0v) is 16.0. The molecule has 1 aromatic carbocycles. The van der Waals surface area contributed by atoms with E-state index in [4.69, 9.17) is 0 Å². The van der Waals surface area contributed by atoms with Gasteiger partial charge in [0.25, 0.3) is 0 Å². The van der Waals surface area contributed by atoms with Crippen LogP contribution in [0.3, 0.4) is 0 Å². The predicted octanol–water partition coefficient (Wildman–Crippen LogP) is 2.37. The molecular formula is C21H31N3O2. The number of hydrogen-bond acceptors (Lipinski definition) is 3. The molecule has 0 saturated carbocycles. The molecule has 1 aromatic rings. The highest BCUT2D eigenvalue weighted by atomic mass is 16.2. The van der Waals surface area contributed by atoms with Crippen LogP contribution in [0.4, 0.5) is 0 Å². The molecule has 0 spiro atoms. The lowest BCUT2D eigenvalue weighted by atomic mass is 9.97. The summed E-state index contributed by atoms with van der Waals surface area (Å²) < 4.78 is 0. The summed E-state index contributed by atoms with van der Waals surface area (Å²) in [6.45, 7) is 5.85. The fourth-order valence-corrected chi connectivity index (χ4v) is 3.34. The van der Waals surface area contributed by atoms with Crippen LogP contribution in [0.1, 0.15) is 43.2 Å². The Balaban J connectivity index is 2.00. The van der Waals surface area contributed by atoms with E-state index in [1.165, 1.54) is 6.42 Å². The fourth-order valence-electron chi connectivity index (χ4n) is 3.34. The molecule has 0 aromatic heterocycles. The summed E-state index contributed by atoms with van der Waals surface area (Å²) in [5.41, 5.74) is 3.08. The molecule has 0 aliphatic carbocycles. The summed E-state index contributed by atoms with van der Waals surface area (Å²) in [5.74, 6) is 0.209. The first kappa shape index (κ1) is 20.2. The average molecular weight is 357 g/mol. The number of rotatable bonds is 8. The molecule has 2 N–H and O–H groups in total. The number of hydrogen-bond donors (Lipinski definition) is 2. The summed E-state index contributed by atoms with van der Waals surface area (Å²) in [6, 6.07) is 7.93. The minimum absolute atomic E-state index is 0.0182. The van der Waals surface area contributed by atoms with Crippen LogP contribution in [-0.4, -0.2) is 49.9 Å². The Hall–Kier alpha value is -2.14. The van der Waals surface area contributed by atoms with Crippen molar-refractivity contribution in [2.75, 3.05) is 27.2 Å². The standard InChI is InChI=1S/C21H31N3O2/c1-16(10-11-20(25)23-3)18-9-7-8-17(14-18)15-19(22-2)21(26)24-12-5-4-6-13-24/h7-9,14,19,22H,1,4-6,10-13,15H2,2-3H3,(H,23,25). The fraction of sp³-hybridized carbons (Fsp3) is 0.524. The number of carbonyl (C=O) groups is 2. The maximum Gasteiger partial charge on any atom is 0.240 e. The van der Waals surface area contributed by atoms with E-state index in [1.54, 1.807) is 7.05 Å². The Bertz CT molecular complexity index is 636. The number of amides is 2. The van der Waals surface area contributed by atoms with Crippen LogP contribution in [0.2, 0.25) is 0 Å². The Morgan fingerprint density at radius 1 is 1.15 bits per heavy atom. The van der Waals surface area contributed by atoms with Gasteiger partial charge in [-0.2, -0.15) is 0 Å². The molecule has 1 aliphatic rings. The number of allylic oxidation sites excluding steroid dienone is 1. The minimum atomic E-state index is -0.206. The molecule has 1 saturated heterocycles. The van der Waals surface area contributed by atoms with Crippen LogP contribution < -0.4 is 10.6 Å². The highest BCUT2D eigenvalue weighted by molar-refractivity contribution is 5.82. The van der Waals surface area contributed by atoms with E-state index < -0.39 is 0 Å². The summed E-state index contributed by atoms with van der Waals surface area (Å²) in [4.78, 5) is 26.2. The van der Waals surface area contributed by atoms with Gasteiger partial charge in [-0.15, -0.1) is 0 Å². The quantitative estimate of drug-likeness (QED) is 0.751. The third kappa shape index (κ3) is 5.70. The molecular weight excluding hydrogens is 326 g/mol. The van der Waals surface area contributed by atoms with E-state index in [1.807, 2.05) is 30.1 Å². The predicted molar refractivity (Wildman–Crippen MR) is 106 cm³/mol. The number of nitrogens with zero attached hydrogens (tertiary/aromatic N) is 1. The van der Waals surface area contributed by atoms with Gasteiger partial charge in [0.2, 0.25) is 11.8 Å². The highest BCUT2D eigenvalue weighted by Crippen LogP contribution is 2.20. The zero-order chi connectivity index (χ0) is 18.9. The Labute approximate surface area is 156 Å². The van der Waals surface area contributed by atoms with E-state index in [0.717, 1.165) is 42.6 Å². The molecule has 1 aliphatic heterocycles. The van der Waals surface area contributed by atoms with Gasteiger partial charge in [-0.25, -0.2) is 0 Å². The van der Waals surface area contributed by atoms with E-state index in [-0.39, 0.29) is 17.9 Å². The van der Waals surface area contributed by atoms with Crippen molar-refractivity contribution in [1.82, 2.24) is 15.5 Å². The second kappa shape index (κ2) is 10.1. The molecule has 5 heteroatoms. The lowest BCUT2D eigenvalue weighted by molar-refractivity contribution is -0.134. The number of nitrogens with one attached hydrogen (secondary N) is 2. The second-order valence-electron chi connectivity index (χ2n) is 6.91. The molecule has 1 unspecified atom stereocenters. The number of likely N-dealkylation sites (N-methyl/N-ethyl adjacent to an activating group) is 1. The van der Waals surface area contributed by atoms with Gasteiger partial charge in [-0.05, 0) is 55.9 Å². The first-order chi connectivity index (χ1) is 12.5. The molecule has 1 atom stereocenters. The maximum absolute atomic E-state index is 12.8. The lowest BCUT2D eigenvalue weighted by Gasteiger charge is -2.30. The minimum Gasteiger partial charge on any atom is -0.359 e. The van der Waals surface area contributed by atoms with Crippen molar-refractivity contribution >= 4 is 17.4 Å². The van der Waals surface area contributed by atoms with Gasteiger partial charge >= 0.3 is 0 Å². The molecule has 0 bridgehead atoms. The smallest absolute Gasteiger partial charge is 0.240 e. The monoisotopic (exact) mass is 357 g/mol. The topological polar surface area (TPSA) is 61.4 Å². The first-order valence-electron chi connectivity index (χ1n) is 9.49.